The van der Waals surface area contributed by atoms with E-state index in [1.165, 1.54) is 50.5 Å². The van der Waals surface area contributed by atoms with Crippen LogP contribution in [0.3, 0.4) is 0 Å². The van der Waals surface area contributed by atoms with Crippen LogP contribution in [0.1, 0.15) is 145 Å². The van der Waals surface area contributed by atoms with Crippen LogP contribution in [0.5, 0.6) is 0 Å². The van der Waals surface area contributed by atoms with E-state index in [4.69, 9.17) is 14.6 Å². The van der Waals surface area contributed by atoms with Gasteiger partial charge >= 0.3 is 17.9 Å². The lowest BCUT2D eigenvalue weighted by Crippen LogP contribution is -2.51. The van der Waals surface area contributed by atoms with Crippen molar-refractivity contribution in [2.75, 3.05) is 13.1 Å². The summed E-state index contributed by atoms with van der Waals surface area (Å²) in [7, 11) is 0. The van der Waals surface area contributed by atoms with Gasteiger partial charge in [-0.2, -0.15) is 0 Å². The summed E-state index contributed by atoms with van der Waals surface area (Å²) in [4.78, 5) is 50.8. The summed E-state index contributed by atoms with van der Waals surface area (Å²) in [5, 5.41) is 8.97. The molecule has 1 unspecified atom stereocenters. The Labute approximate surface area is 290 Å². The van der Waals surface area contributed by atoms with Crippen molar-refractivity contribution in [2.45, 2.75) is 157 Å². The Morgan fingerprint density at radius 1 is 0.917 bits per heavy atom. The minimum atomic E-state index is -0.995. The topological polar surface area (TPSA) is 110 Å². The van der Waals surface area contributed by atoms with Gasteiger partial charge in [0.2, 0.25) is 5.91 Å². The molecule has 0 aromatic carbocycles. The number of hydrogen-bond acceptors (Lipinski definition) is 6. The molecule has 0 aromatic heterocycles. The van der Waals surface area contributed by atoms with E-state index in [0.29, 0.717) is 11.3 Å². The number of ether oxygens (including phenoxy) is 2. The minimum absolute atomic E-state index is 0.0720. The number of aliphatic carboxylic acids is 1. The first-order valence-electron chi connectivity index (χ1n) is 19.0. The number of carboxylic acid groups (broad SMARTS) is 1. The SMILES string of the molecule is CC(C)CCC[C@H](C)[C@@H]1CCC2[C@H]3CC=C4C[C@H](OC(=O)CN(CC(=O)OC(C)(C)C)C(=O)CCCC(=O)O)CC[C@@]4(C)[C@@H]3CC[C@]21C. The molecule has 8 nitrogen and oxygen atoms in total. The number of carbonyl (C=O) groups excluding carboxylic acids is 3. The third kappa shape index (κ3) is 9.24. The van der Waals surface area contributed by atoms with Crippen LogP contribution in [0, 0.1) is 46.3 Å². The van der Waals surface area contributed by atoms with E-state index in [1.807, 2.05) is 0 Å². The molecule has 8 atom stereocenters. The lowest BCUT2D eigenvalue weighted by molar-refractivity contribution is -0.162. The normalized spacial score (nSPS) is 31.9. The van der Waals surface area contributed by atoms with Crippen LogP contribution in [0.25, 0.3) is 0 Å². The van der Waals surface area contributed by atoms with E-state index in [9.17, 15) is 19.2 Å². The van der Waals surface area contributed by atoms with Gasteiger partial charge in [0.1, 0.15) is 24.8 Å². The molecule has 0 radical (unpaired) electrons. The van der Waals surface area contributed by atoms with E-state index in [-0.39, 0.29) is 43.9 Å². The number of rotatable bonds is 14. The molecule has 4 aliphatic carbocycles. The van der Waals surface area contributed by atoms with Gasteiger partial charge in [-0.25, -0.2) is 0 Å². The number of carboxylic acids is 1. The summed E-state index contributed by atoms with van der Waals surface area (Å²) in [6.45, 7) is 16.8. The lowest BCUT2D eigenvalue weighted by atomic mass is 9.47. The Bertz CT molecular complexity index is 1200. The summed E-state index contributed by atoms with van der Waals surface area (Å²) in [5.41, 5.74) is 1.28. The Balaban J connectivity index is 1.37. The Hall–Kier alpha value is -2.38. The number of fused-ring (bicyclic) bond motifs is 5. The van der Waals surface area contributed by atoms with Gasteiger partial charge in [0.15, 0.2) is 0 Å². The van der Waals surface area contributed by atoms with Gasteiger partial charge < -0.3 is 19.5 Å². The number of nitrogens with zero attached hydrogens (tertiary/aromatic N) is 1. The predicted molar refractivity (Wildman–Crippen MR) is 187 cm³/mol. The molecule has 0 aliphatic heterocycles. The third-order valence-electron chi connectivity index (χ3n) is 12.8. The van der Waals surface area contributed by atoms with Crippen LogP contribution in [0.4, 0.5) is 0 Å². The predicted octanol–water partition coefficient (Wildman–Crippen LogP) is 8.36. The first kappa shape index (κ1) is 38.4. The Kier molecular flexibility index (Phi) is 12.5. The molecule has 0 saturated heterocycles. The second-order valence-corrected chi connectivity index (χ2v) is 17.7. The van der Waals surface area contributed by atoms with Crippen LogP contribution in [-0.2, 0) is 28.7 Å². The minimum Gasteiger partial charge on any atom is -0.481 e. The molecule has 0 aromatic rings. The fraction of sp³-hybridized carbons (Fsp3) is 0.850. The molecule has 0 spiro atoms. The third-order valence-corrected chi connectivity index (χ3v) is 12.8. The van der Waals surface area contributed by atoms with Crippen LogP contribution in [0.15, 0.2) is 11.6 Å². The molecule has 272 valence electrons. The molecular weight excluding hydrogens is 606 g/mol. The highest BCUT2D eigenvalue weighted by Gasteiger charge is 2.59. The quantitative estimate of drug-likeness (QED) is 0.146. The second kappa shape index (κ2) is 15.7. The van der Waals surface area contributed by atoms with Crippen molar-refractivity contribution >= 4 is 23.8 Å². The highest BCUT2D eigenvalue weighted by Crippen LogP contribution is 2.67. The molecule has 48 heavy (non-hydrogen) atoms. The number of amides is 1. The van der Waals surface area contributed by atoms with E-state index >= 15 is 0 Å². The summed E-state index contributed by atoms with van der Waals surface area (Å²) >= 11 is 0. The molecular formula is C40H65NO7. The average molecular weight is 672 g/mol. The van der Waals surface area contributed by atoms with E-state index in [2.05, 4.69) is 40.7 Å². The van der Waals surface area contributed by atoms with Crippen LogP contribution in [-0.4, -0.2) is 58.6 Å². The largest absolute Gasteiger partial charge is 0.481 e. The van der Waals surface area contributed by atoms with Gasteiger partial charge in [-0.05, 0) is 118 Å². The van der Waals surface area contributed by atoms with Crippen molar-refractivity contribution in [3.05, 3.63) is 11.6 Å². The number of carbonyl (C=O) groups is 4. The second-order valence-electron chi connectivity index (χ2n) is 17.7. The van der Waals surface area contributed by atoms with E-state index in [0.717, 1.165) is 60.2 Å². The zero-order chi connectivity index (χ0) is 35.4. The van der Waals surface area contributed by atoms with Crippen molar-refractivity contribution < 1.29 is 33.8 Å². The molecule has 0 heterocycles. The fourth-order valence-electron chi connectivity index (χ4n) is 10.4. The van der Waals surface area contributed by atoms with Gasteiger partial charge in [0, 0.05) is 19.3 Å². The lowest BCUT2D eigenvalue weighted by Gasteiger charge is -2.58. The Morgan fingerprint density at radius 2 is 1.62 bits per heavy atom. The van der Waals surface area contributed by atoms with Gasteiger partial charge in [0.25, 0.3) is 0 Å². The summed E-state index contributed by atoms with van der Waals surface area (Å²) in [6, 6.07) is 0. The first-order chi connectivity index (χ1) is 22.4. The van der Waals surface area contributed by atoms with Crippen molar-refractivity contribution in [2.24, 2.45) is 46.3 Å². The summed E-state index contributed by atoms with van der Waals surface area (Å²) in [6.07, 6.45) is 15.2. The van der Waals surface area contributed by atoms with Crippen LogP contribution in [0.2, 0.25) is 0 Å². The smallest absolute Gasteiger partial charge is 0.326 e. The maximum absolute atomic E-state index is 13.2. The van der Waals surface area contributed by atoms with Crippen molar-refractivity contribution in [3.8, 4) is 0 Å². The van der Waals surface area contributed by atoms with Gasteiger partial charge in [-0.15, -0.1) is 0 Å². The van der Waals surface area contributed by atoms with Gasteiger partial charge in [-0.3, -0.25) is 19.2 Å². The first-order valence-corrected chi connectivity index (χ1v) is 19.0. The Morgan fingerprint density at radius 3 is 2.29 bits per heavy atom. The molecule has 0 bridgehead atoms. The number of esters is 2. The standard InChI is InChI=1S/C40H65NO7/c1-26(2)11-9-12-27(3)31-17-18-32-30-16-15-28-23-29(19-21-39(28,7)33(30)20-22-40(31,32)8)47-36(45)24-41(25-37(46)48-38(4,5)6)34(42)13-10-14-35(43)44/h15,26-27,29-33H,9-14,16-25H2,1-8H3,(H,43,44)/t27-,29+,30+,31-,32?,33+,39+,40-/m0/s1. The van der Waals surface area contributed by atoms with Crippen molar-refractivity contribution in [3.63, 3.8) is 0 Å². The number of hydrogen-bond donors (Lipinski definition) is 1. The van der Waals surface area contributed by atoms with Crippen LogP contribution < -0.4 is 0 Å². The van der Waals surface area contributed by atoms with Crippen molar-refractivity contribution in [1.82, 2.24) is 4.90 Å². The zero-order valence-electron chi connectivity index (χ0n) is 31.3. The summed E-state index contributed by atoms with van der Waals surface area (Å²) < 4.78 is 11.4. The fourth-order valence-corrected chi connectivity index (χ4v) is 10.4. The average Bonchev–Trinajstić information content (AvgIpc) is 3.33. The van der Waals surface area contributed by atoms with E-state index < -0.39 is 29.4 Å². The van der Waals surface area contributed by atoms with Crippen LogP contribution >= 0.6 is 0 Å². The number of allylic oxidation sites excluding steroid dienone is 1. The van der Waals surface area contributed by atoms with Crippen molar-refractivity contribution in [1.29, 1.82) is 0 Å². The monoisotopic (exact) mass is 671 g/mol. The van der Waals surface area contributed by atoms with Gasteiger partial charge in [-0.1, -0.05) is 65.5 Å². The highest BCUT2D eigenvalue weighted by molar-refractivity contribution is 5.86. The molecule has 8 heteroatoms. The molecule has 4 rings (SSSR count). The maximum atomic E-state index is 13.2. The molecule has 3 fully saturated rings. The maximum Gasteiger partial charge on any atom is 0.326 e. The molecule has 4 aliphatic rings. The van der Waals surface area contributed by atoms with E-state index in [1.54, 1.807) is 20.8 Å². The summed E-state index contributed by atoms with van der Waals surface area (Å²) in [5.74, 6) is 2.01. The van der Waals surface area contributed by atoms with Gasteiger partial charge in [0.05, 0.1) is 0 Å². The highest BCUT2D eigenvalue weighted by atomic mass is 16.6. The zero-order valence-corrected chi connectivity index (χ0v) is 31.3. The molecule has 1 amide bonds. The molecule has 3 saturated carbocycles. The molecule has 1 N–H and O–H groups in total.